The van der Waals surface area contributed by atoms with Crippen molar-refractivity contribution in [2.75, 3.05) is 13.1 Å². The number of fused-ring (bicyclic) bond motifs is 1. The van der Waals surface area contributed by atoms with E-state index < -0.39 is 5.97 Å². The van der Waals surface area contributed by atoms with Gasteiger partial charge in [-0.3, -0.25) is 4.90 Å². The number of hydrogen-bond donors (Lipinski definition) is 1. The number of aromatic carboxylic acids is 1. The average molecular weight is 466 g/mol. The molecule has 6 nitrogen and oxygen atoms in total. The maximum Gasteiger partial charge on any atom is 0.335 e. The first-order valence-electron chi connectivity index (χ1n) is 11.4. The molecule has 3 heterocycles. The quantitative estimate of drug-likeness (QED) is 0.522. The molecule has 1 aromatic heterocycles. The minimum absolute atomic E-state index is 0.257. The Morgan fingerprint density at radius 2 is 1.91 bits per heavy atom. The summed E-state index contributed by atoms with van der Waals surface area (Å²) in [6, 6.07) is 13.4. The fraction of sp³-hybridized carbons (Fsp3) is 0.385. The highest BCUT2D eigenvalue weighted by molar-refractivity contribution is 6.35. The summed E-state index contributed by atoms with van der Waals surface area (Å²) in [5.74, 6) is -0.922. The molecular weight excluding hydrogens is 438 g/mol. The zero-order valence-corrected chi connectivity index (χ0v) is 19.7. The van der Waals surface area contributed by atoms with Crippen LogP contribution < -0.4 is 0 Å². The lowest BCUT2D eigenvalue weighted by molar-refractivity contribution is -0.0626. The van der Waals surface area contributed by atoms with Crippen LogP contribution in [0.1, 0.15) is 60.6 Å². The highest BCUT2D eigenvalue weighted by atomic mass is 35.5. The van der Waals surface area contributed by atoms with Gasteiger partial charge in [0.2, 0.25) is 0 Å². The lowest BCUT2D eigenvalue weighted by Gasteiger charge is -2.37. The number of hydrogen-bond acceptors (Lipinski definition) is 4. The van der Waals surface area contributed by atoms with Crippen molar-refractivity contribution in [1.82, 2.24) is 9.47 Å². The second-order valence-corrected chi connectivity index (χ2v) is 9.85. The van der Waals surface area contributed by atoms with Gasteiger partial charge in [-0.1, -0.05) is 41.0 Å². The molecule has 2 aliphatic heterocycles. The molecular formula is C26H28ClN3O3. The summed E-state index contributed by atoms with van der Waals surface area (Å²) >= 11 is 6.54. The minimum atomic E-state index is -0.922. The van der Waals surface area contributed by atoms with Crippen LogP contribution in [0.15, 0.2) is 53.8 Å². The third-order valence-corrected chi connectivity index (χ3v) is 7.21. The fourth-order valence-corrected chi connectivity index (χ4v) is 5.25. The molecule has 33 heavy (non-hydrogen) atoms. The number of likely N-dealkylation sites (tertiary alicyclic amines) is 1. The number of piperidine rings is 1. The predicted octanol–water partition coefficient (Wildman–Crippen LogP) is 5.73. The normalized spacial score (nSPS) is 18.1. The van der Waals surface area contributed by atoms with E-state index in [2.05, 4.69) is 40.7 Å². The van der Waals surface area contributed by atoms with E-state index in [1.807, 2.05) is 24.3 Å². The number of benzene rings is 2. The molecule has 0 amide bonds. The Labute approximate surface area is 198 Å². The fourth-order valence-electron chi connectivity index (χ4n) is 4.98. The van der Waals surface area contributed by atoms with E-state index in [9.17, 15) is 4.79 Å². The number of carbonyl (C=O) groups is 1. The van der Waals surface area contributed by atoms with Crippen molar-refractivity contribution in [3.63, 3.8) is 0 Å². The second kappa shape index (κ2) is 8.50. The molecule has 0 atom stereocenters. The molecule has 0 unspecified atom stereocenters. The van der Waals surface area contributed by atoms with Gasteiger partial charge in [-0.25, -0.2) is 4.79 Å². The van der Waals surface area contributed by atoms with Gasteiger partial charge in [0.15, 0.2) is 0 Å². The van der Waals surface area contributed by atoms with E-state index in [4.69, 9.17) is 21.5 Å². The van der Waals surface area contributed by atoms with Gasteiger partial charge in [-0.05, 0) is 43.2 Å². The number of oxime groups is 1. The van der Waals surface area contributed by atoms with Crippen molar-refractivity contribution in [1.29, 1.82) is 0 Å². The third kappa shape index (κ3) is 4.13. The highest BCUT2D eigenvalue weighted by Crippen LogP contribution is 2.37. The molecule has 1 spiro atoms. The van der Waals surface area contributed by atoms with Gasteiger partial charge in [-0.15, -0.1) is 0 Å². The summed E-state index contributed by atoms with van der Waals surface area (Å²) in [7, 11) is 0. The molecule has 1 fully saturated rings. The van der Waals surface area contributed by atoms with Crippen molar-refractivity contribution in [3.8, 4) is 0 Å². The molecule has 172 valence electrons. The summed E-state index contributed by atoms with van der Waals surface area (Å²) in [4.78, 5) is 19.5. The van der Waals surface area contributed by atoms with E-state index in [0.29, 0.717) is 6.04 Å². The number of aromatic nitrogens is 1. The molecule has 0 aliphatic carbocycles. The summed E-state index contributed by atoms with van der Waals surface area (Å²) in [5, 5.41) is 15.5. The maximum atomic E-state index is 11.1. The monoisotopic (exact) mass is 465 g/mol. The first kappa shape index (κ1) is 22.0. The Balaban J connectivity index is 1.25. The van der Waals surface area contributed by atoms with Crippen molar-refractivity contribution in [2.24, 2.45) is 5.16 Å². The van der Waals surface area contributed by atoms with E-state index in [1.165, 1.54) is 10.9 Å². The lowest BCUT2D eigenvalue weighted by Crippen LogP contribution is -2.44. The molecule has 0 radical (unpaired) electrons. The van der Waals surface area contributed by atoms with Gasteiger partial charge in [0.25, 0.3) is 0 Å². The van der Waals surface area contributed by atoms with Crippen molar-refractivity contribution in [2.45, 2.75) is 51.3 Å². The Hall–Kier alpha value is -2.83. The molecule has 0 saturated carbocycles. The van der Waals surface area contributed by atoms with Crippen LogP contribution in [-0.2, 0) is 11.4 Å². The van der Waals surface area contributed by atoms with E-state index in [1.54, 1.807) is 12.1 Å². The Bertz CT molecular complexity index is 1220. The Morgan fingerprint density at radius 1 is 1.18 bits per heavy atom. The van der Waals surface area contributed by atoms with Crippen LogP contribution in [0.3, 0.4) is 0 Å². The molecule has 0 bridgehead atoms. The largest absolute Gasteiger partial charge is 0.478 e. The standard InChI is InChI=1S/C26H28ClN3O3/c1-17(2)30-16-20(21-4-3-5-22(27)24(21)30)15-29-12-10-26(11-13-29)14-23(28-33-26)18-6-8-19(9-7-18)25(31)32/h3-9,16-17H,10-15H2,1-2H3,(H,31,32). The van der Waals surface area contributed by atoms with Gasteiger partial charge in [0.1, 0.15) is 5.60 Å². The molecule has 2 aliphatic rings. The number of carboxylic acids is 1. The predicted molar refractivity (Wildman–Crippen MR) is 130 cm³/mol. The SMILES string of the molecule is CC(C)n1cc(CN2CCC3(CC2)CC(c2ccc(C(=O)O)cc2)=NO3)c2cccc(Cl)c21. The van der Waals surface area contributed by atoms with E-state index >= 15 is 0 Å². The molecule has 3 aromatic rings. The highest BCUT2D eigenvalue weighted by Gasteiger charge is 2.42. The molecule has 2 aromatic carbocycles. The van der Waals surface area contributed by atoms with Crippen LogP contribution in [-0.4, -0.2) is 44.9 Å². The second-order valence-electron chi connectivity index (χ2n) is 9.44. The Kier molecular flexibility index (Phi) is 5.67. The number of halogens is 1. The van der Waals surface area contributed by atoms with Gasteiger partial charge >= 0.3 is 5.97 Å². The van der Waals surface area contributed by atoms with Crippen LogP contribution in [0.25, 0.3) is 10.9 Å². The van der Waals surface area contributed by atoms with Crippen LogP contribution in [0.5, 0.6) is 0 Å². The Morgan fingerprint density at radius 3 is 2.58 bits per heavy atom. The average Bonchev–Trinajstić information content (AvgIpc) is 3.39. The molecule has 1 saturated heterocycles. The first-order valence-corrected chi connectivity index (χ1v) is 11.8. The van der Waals surface area contributed by atoms with Gasteiger partial charge in [0.05, 0.1) is 21.8 Å². The van der Waals surface area contributed by atoms with Crippen molar-refractivity contribution >= 4 is 34.2 Å². The topological polar surface area (TPSA) is 67.1 Å². The van der Waals surface area contributed by atoms with Crippen LogP contribution >= 0.6 is 11.6 Å². The van der Waals surface area contributed by atoms with Crippen LogP contribution in [0.4, 0.5) is 0 Å². The van der Waals surface area contributed by atoms with E-state index in [-0.39, 0.29) is 11.2 Å². The summed E-state index contributed by atoms with van der Waals surface area (Å²) in [5.41, 5.74) is 4.27. The zero-order chi connectivity index (χ0) is 23.2. The van der Waals surface area contributed by atoms with Crippen molar-refractivity contribution < 1.29 is 14.7 Å². The number of rotatable bonds is 5. The number of carboxylic acid groups (broad SMARTS) is 1. The lowest BCUT2D eigenvalue weighted by atomic mass is 9.85. The number of nitrogens with zero attached hydrogens (tertiary/aromatic N) is 3. The van der Waals surface area contributed by atoms with Crippen LogP contribution in [0.2, 0.25) is 5.02 Å². The third-order valence-electron chi connectivity index (χ3n) is 6.91. The molecule has 1 N–H and O–H groups in total. The van der Waals surface area contributed by atoms with Crippen LogP contribution in [0, 0.1) is 0 Å². The van der Waals surface area contributed by atoms with Gasteiger partial charge < -0.3 is 14.5 Å². The van der Waals surface area contributed by atoms with E-state index in [0.717, 1.165) is 60.7 Å². The summed E-state index contributed by atoms with van der Waals surface area (Å²) < 4.78 is 2.27. The number of para-hydroxylation sites is 1. The molecule has 5 rings (SSSR count). The maximum absolute atomic E-state index is 11.1. The summed E-state index contributed by atoms with van der Waals surface area (Å²) in [6.45, 7) is 7.13. The van der Waals surface area contributed by atoms with Crippen molar-refractivity contribution in [3.05, 3.63) is 70.4 Å². The molecule has 7 heteroatoms. The van der Waals surface area contributed by atoms with Gasteiger partial charge in [0, 0.05) is 56.5 Å². The minimum Gasteiger partial charge on any atom is -0.478 e. The van der Waals surface area contributed by atoms with Gasteiger partial charge in [-0.2, -0.15) is 0 Å². The summed E-state index contributed by atoms with van der Waals surface area (Å²) in [6.07, 6.45) is 4.84. The smallest absolute Gasteiger partial charge is 0.335 e. The zero-order valence-electron chi connectivity index (χ0n) is 18.9. The first-order chi connectivity index (χ1) is 15.8.